The number of nitrogens with one attached hydrogen (secondary N) is 2. The molecule has 3 N–H and O–H groups in total. The fraction of sp³-hybridized carbons (Fsp3) is 0.167. The molecule has 0 aliphatic carbocycles. The zero-order valence-electron chi connectivity index (χ0n) is 9.53. The number of benzene rings is 1. The topological polar surface area (TPSA) is 82.2 Å². The van der Waals surface area contributed by atoms with Gasteiger partial charge in [0.1, 0.15) is 11.7 Å². The summed E-state index contributed by atoms with van der Waals surface area (Å²) in [5, 5.41) is 12.4. The van der Waals surface area contributed by atoms with Crippen LogP contribution < -0.4 is 5.32 Å². The molecule has 94 valence electrons. The van der Waals surface area contributed by atoms with Crippen molar-refractivity contribution in [2.45, 2.75) is 13.0 Å². The van der Waals surface area contributed by atoms with E-state index in [4.69, 9.17) is 16.7 Å². The molecule has 0 radical (unpaired) electrons. The van der Waals surface area contributed by atoms with Crippen LogP contribution in [-0.2, 0) is 4.79 Å². The summed E-state index contributed by atoms with van der Waals surface area (Å²) in [5.41, 5.74) is 0.943. The van der Waals surface area contributed by atoms with Crippen molar-refractivity contribution in [3.63, 3.8) is 0 Å². The number of hydrogen-bond acceptors (Lipinski definition) is 2. The number of rotatable bonds is 3. The quantitative estimate of drug-likeness (QED) is 0.795. The first-order chi connectivity index (χ1) is 8.49. The van der Waals surface area contributed by atoms with Crippen LogP contribution in [0.4, 0.5) is 0 Å². The number of fused-ring (bicyclic) bond motifs is 1. The molecule has 2 rings (SSSR count). The number of hydrogen-bond donors (Lipinski definition) is 3. The van der Waals surface area contributed by atoms with Crippen molar-refractivity contribution >= 4 is 34.4 Å². The lowest BCUT2D eigenvalue weighted by Gasteiger charge is -2.07. The average molecular weight is 267 g/mol. The molecule has 6 heteroatoms. The summed E-state index contributed by atoms with van der Waals surface area (Å²) in [6, 6.07) is 5.99. The van der Waals surface area contributed by atoms with E-state index in [1.54, 1.807) is 18.2 Å². The Hall–Kier alpha value is -2.01. The number of aromatic nitrogens is 1. The summed E-state index contributed by atoms with van der Waals surface area (Å²) in [4.78, 5) is 25.3. The minimum Gasteiger partial charge on any atom is -0.480 e. The number of carboxylic acid groups (broad SMARTS) is 1. The van der Waals surface area contributed by atoms with Gasteiger partial charge in [0.2, 0.25) is 0 Å². The molecule has 0 spiro atoms. The highest BCUT2D eigenvalue weighted by Gasteiger charge is 2.17. The van der Waals surface area contributed by atoms with Gasteiger partial charge in [-0.2, -0.15) is 0 Å². The van der Waals surface area contributed by atoms with Gasteiger partial charge in [0, 0.05) is 5.39 Å². The SMILES string of the molecule is CC(NC(=O)c1cc2cccc(Cl)c2[nH]1)C(=O)O. The van der Waals surface area contributed by atoms with Crippen molar-refractivity contribution in [3.8, 4) is 0 Å². The third-order valence-corrected chi connectivity index (χ3v) is 2.88. The normalized spacial score (nSPS) is 12.3. The molecular weight excluding hydrogens is 256 g/mol. The van der Waals surface area contributed by atoms with Crippen molar-refractivity contribution in [2.24, 2.45) is 0 Å². The molecule has 1 amide bonds. The standard InChI is InChI=1S/C12H11ClN2O3/c1-6(12(17)18)14-11(16)9-5-7-3-2-4-8(13)10(7)15-9/h2-6,15H,1H3,(H,14,16)(H,17,18). The van der Waals surface area contributed by atoms with Gasteiger partial charge in [-0.15, -0.1) is 0 Å². The van der Waals surface area contributed by atoms with Crippen LogP contribution in [0.3, 0.4) is 0 Å². The summed E-state index contributed by atoms with van der Waals surface area (Å²) in [6.07, 6.45) is 0. The van der Waals surface area contributed by atoms with E-state index in [2.05, 4.69) is 10.3 Å². The number of H-pyrrole nitrogens is 1. The molecule has 0 saturated heterocycles. The maximum atomic E-state index is 11.8. The molecule has 18 heavy (non-hydrogen) atoms. The van der Waals surface area contributed by atoms with E-state index in [1.807, 2.05) is 6.07 Å². The number of carboxylic acids is 1. The predicted octanol–water partition coefficient (Wildman–Crippen LogP) is 2.02. The van der Waals surface area contributed by atoms with Crippen LogP contribution in [0.5, 0.6) is 0 Å². The maximum Gasteiger partial charge on any atom is 0.325 e. The second-order valence-corrected chi connectivity index (χ2v) is 4.33. The monoisotopic (exact) mass is 266 g/mol. The van der Waals surface area contributed by atoms with Gasteiger partial charge >= 0.3 is 5.97 Å². The van der Waals surface area contributed by atoms with Crippen molar-refractivity contribution in [3.05, 3.63) is 35.0 Å². The Balaban J connectivity index is 2.29. The molecule has 0 fully saturated rings. The Morgan fingerprint density at radius 3 is 2.78 bits per heavy atom. The van der Waals surface area contributed by atoms with Crippen molar-refractivity contribution in [2.75, 3.05) is 0 Å². The lowest BCUT2D eigenvalue weighted by atomic mass is 10.2. The Morgan fingerprint density at radius 1 is 1.44 bits per heavy atom. The van der Waals surface area contributed by atoms with E-state index >= 15 is 0 Å². The highest BCUT2D eigenvalue weighted by atomic mass is 35.5. The van der Waals surface area contributed by atoms with Crippen LogP contribution in [0.15, 0.2) is 24.3 Å². The molecule has 1 atom stereocenters. The molecule has 1 aromatic carbocycles. The molecule has 0 saturated carbocycles. The third-order valence-electron chi connectivity index (χ3n) is 2.57. The molecule has 1 heterocycles. The van der Waals surface area contributed by atoms with E-state index in [0.717, 1.165) is 5.39 Å². The smallest absolute Gasteiger partial charge is 0.325 e. The zero-order chi connectivity index (χ0) is 13.3. The van der Waals surface area contributed by atoms with Gasteiger partial charge < -0.3 is 15.4 Å². The van der Waals surface area contributed by atoms with Crippen molar-refractivity contribution in [1.29, 1.82) is 0 Å². The predicted molar refractivity (Wildman–Crippen MR) is 67.9 cm³/mol. The first-order valence-electron chi connectivity index (χ1n) is 5.30. The molecule has 1 unspecified atom stereocenters. The molecule has 0 aliphatic rings. The molecule has 5 nitrogen and oxygen atoms in total. The number of aliphatic carboxylic acids is 1. The molecule has 0 aliphatic heterocycles. The third kappa shape index (κ3) is 2.31. The summed E-state index contributed by atoms with van der Waals surface area (Å²) < 4.78 is 0. The van der Waals surface area contributed by atoms with Gasteiger partial charge in [-0.3, -0.25) is 9.59 Å². The number of carbonyl (C=O) groups is 2. The average Bonchev–Trinajstić information content (AvgIpc) is 2.74. The molecular formula is C12H11ClN2O3. The van der Waals surface area contributed by atoms with E-state index in [-0.39, 0.29) is 5.69 Å². The van der Waals surface area contributed by atoms with Crippen LogP contribution in [0.1, 0.15) is 17.4 Å². The first-order valence-corrected chi connectivity index (χ1v) is 5.67. The minimum absolute atomic E-state index is 0.284. The van der Waals surface area contributed by atoms with E-state index in [1.165, 1.54) is 6.92 Å². The second kappa shape index (κ2) is 4.70. The molecule has 0 bridgehead atoms. The van der Waals surface area contributed by atoms with Gasteiger partial charge in [-0.05, 0) is 19.1 Å². The Kier molecular flexibility index (Phi) is 3.25. The van der Waals surface area contributed by atoms with E-state index in [0.29, 0.717) is 10.5 Å². The zero-order valence-corrected chi connectivity index (χ0v) is 10.3. The molecule has 2 aromatic rings. The van der Waals surface area contributed by atoms with E-state index < -0.39 is 17.9 Å². The van der Waals surface area contributed by atoms with E-state index in [9.17, 15) is 9.59 Å². The van der Waals surface area contributed by atoms with Crippen molar-refractivity contribution < 1.29 is 14.7 Å². The maximum absolute atomic E-state index is 11.8. The van der Waals surface area contributed by atoms with Gasteiger partial charge in [-0.1, -0.05) is 23.7 Å². The highest BCUT2D eigenvalue weighted by Crippen LogP contribution is 2.23. The number of aromatic amines is 1. The van der Waals surface area contributed by atoms with Gasteiger partial charge in [-0.25, -0.2) is 0 Å². The fourth-order valence-corrected chi connectivity index (χ4v) is 1.81. The molecule has 1 aromatic heterocycles. The lowest BCUT2D eigenvalue weighted by Crippen LogP contribution is -2.38. The van der Waals surface area contributed by atoms with Crippen LogP contribution in [0, 0.1) is 0 Å². The van der Waals surface area contributed by atoms with Gasteiger partial charge in [0.05, 0.1) is 10.5 Å². The Labute approximate surface area is 108 Å². The largest absolute Gasteiger partial charge is 0.480 e. The number of halogens is 1. The van der Waals surface area contributed by atoms with Gasteiger partial charge in [0.15, 0.2) is 0 Å². The lowest BCUT2D eigenvalue weighted by molar-refractivity contribution is -0.138. The fourth-order valence-electron chi connectivity index (χ4n) is 1.58. The summed E-state index contributed by atoms with van der Waals surface area (Å²) in [5.74, 6) is -1.56. The van der Waals surface area contributed by atoms with Crippen LogP contribution >= 0.6 is 11.6 Å². The number of para-hydroxylation sites is 1. The van der Waals surface area contributed by atoms with Crippen LogP contribution in [-0.4, -0.2) is 28.0 Å². The van der Waals surface area contributed by atoms with Gasteiger partial charge in [0.25, 0.3) is 5.91 Å². The van der Waals surface area contributed by atoms with Crippen LogP contribution in [0.2, 0.25) is 5.02 Å². The van der Waals surface area contributed by atoms with Crippen molar-refractivity contribution in [1.82, 2.24) is 10.3 Å². The van der Waals surface area contributed by atoms with Crippen LogP contribution in [0.25, 0.3) is 10.9 Å². The number of amides is 1. The summed E-state index contributed by atoms with van der Waals surface area (Å²) in [7, 11) is 0. The summed E-state index contributed by atoms with van der Waals surface area (Å²) in [6.45, 7) is 1.40. The first kappa shape index (κ1) is 12.4. The Morgan fingerprint density at radius 2 is 2.17 bits per heavy atom. The highest BCUT2D eigenvalue weighted by molar-refractivity contribution is 6.35. The summed E-state index contributed by atoms with van der Waals surface area (Å²) >= 11 is 5.97. The number of carbonyl (C=O) groups excluding carboxylic acids is 1. The second-order valence-electron chi connectivity index (χ2n) is 3.92. The Bertz CT molecular complexity index is 621. The minimum atomic E-state index is -1.09.